The van der Waals surface area contributed by atoms with Gasteiger partial charge in [0.05, 0.1) is 11.3 Å². The molecule has 0 aromatic carbocycles. The number of piperidine rings is 1. The van der Waals surface area contributed by atoms with E-state index < -0.39 is 17.6 Å². The molecule has 3 fully saturated rings. The Balaban J connectivity index is 1.47. The summed E-state index contributed by atoms with van der Waals surface area (Å²) in [5, 5.41) is 0. The van der Waals surface area contributed by atoms with Gasteiger partial charge >= 0.3 is 6.18 Å². The zero-order valence-corrected chi connectivity index (χ0v) is 15.3. The molecule has 2 unspecified atom stereocenters. The van der Waals surface area contributed by atoms with Crippen LogP contribution < -0.4 is 5.73 Å². The standard InChI is InChI=1S/C19H20F3N5O/c1-9(28)26-6-12-13(7-26)16(12)27-8-15(25-18(27)10-2-3-10)11-4-14(19(20,21)22)17(23)24-5-11/h4-5,8,10,12-13,16H,2-3,6-7H2,1H3,(H2,23,24). The minimum absolute atomic E-state index is 0.0901. The molecule has 1 amide bonds. The van der Waals surface area contributed by atoms with Gasteiger partial charge in [-0.15, -0.1) is 0 Å². The lowest BCUT2D eigenvalue weighted by Crippen LogP contribution is -2.29. The number of fused-ring (bicyclic) bond motifs is 1. The minimum Gasteiger partial charge on any atom is -0.383 e. The number of halogens is 3. The van der Waals surface area contributed by atoms with Crippen LogP contribution in [0.5, 0.6) is 0 Å². The van der Waals surface area contributed by atoms with Gasteiger partial charge in [-0.3, -0.25) is 4.79 Å². The maximum absolute atomic E-state index is 13.2. The van der Waals surface area contributed by atoms with Gasteiger partial charge in [-0.1, -0.05) is 0 Å². The number of imidazole rings is 1. The molecule has 2 N–H and O–H groups in total. The van der Waals surface area contributed by atoms with E-state index in [0.29, 0.717) is 29.0 Å². The Morgan fingerprint density at radius 1 is 1.25 bits per heavy atom. The van der Waals surface area contributed by atoms with Crippen molar-refractivity contribution < 1.29 is 18.0 Å². The molecule has 9 heteroatoms. The molecule has 148 valence electrons. The van der Waals surface area contributed by atoms with Gasteiger partial charge in [0.2, 0.25) is 5.91 Å². The Kier molecular flexibility index (Phi) is 3.57. The molecule has 5 rings (SSSR count). The molecule has 6 nitrogen and oxygen atoms in total. The average Bonchev–Trinajstić information content (AvgIpc) is 3.49. The van der Waals surface area contributed by atoms with Crippen molar-refractivity contribution in [2.24, 2.45) is 11.8 Å². The third kappa shape index (κ3) is 2.75. The number of nitrogens with zero attached hydrogens (tertiary/aromatic N) is 4. The minimum atomic E-state index is -4.56. The highest BCUT2D eigenvalue weighted by Crippen LogP contribution is 2.57. The van der Waals surface area contributed by atoms with Crippen LogP contribution in [0.3, 0.4) is 0 Å². The zero-order valence-electron chi connectivity index (χ0n) is 15.3. The monoisotopic (exact) mass is 391 g/mol. The average molecular weight is 391 g/mol. The summed E-state index contributed by atoms with van der Waals surface area (Å²) in [5.41, 5.74) is 5.29. The van der Waals surface area contributed by atoms with Gasteiger partial charge in [-0.25, -0.2) is 9.97 Å². The molecule has 2 aromatic rings. The summed E-state index contributed by atoms with van der Waals surface area (Å²) >= 11 is 0. The molecular formula is C19H20F3N5O. The van der Waals surface area contributed by atoms with Crippen molar-refractivity contribution >= 4 is 11.7 Å². The van der Waals surface area contributed by atoms with E-state index in [-0.39, 0.29) is 11.9 Å². The summed E-state index contributed by atoms with van der Waals surface area (Å²) in [5.74, 6) is 1.67. The summed E-state index contributed by atoms with van der Waals surface area (Å²) < 4.78 is 41.7. The van der Waals surface area contributed by atoms with Crippen LogP contribution in [0, 0.1) is 11.8 Å². The van der Waals surface area contributed by atoms with Crippen LogP contribution in [0.15, 0.2) is 18.5 Å². The Hall–Kier alpha value is -2.58. The van der Waals surface area contributed by atoms with Crippen molar-refractivity contribution in [3.63, 3.8) is 0 Å². The second kappa shape index (κ2) is 5.71. The lowest BCUT2D eigenvalue weighted by atomic mass is 10.1. The molecular weight excluding hydrogens is 371 g/mol. The van der Waals surface area contributed by atoms with Gasteiger partial charge in [-0.2, -0.15) is 13.2 Å². The van der Waals surface area contributed by atoms with Crippen molar-refractivity contribution in [1.82, 2.24) is 19.4 Å². The van der Waals surface area contributed by atoms with Crippen LogP contribution in [-0.4, -0.2) is 38.4 Å². The number of alkyl halides is 3. The van der Waals surface area contributed by atoms with E-state index in [2.05, 4.69) is 14.5 Å². The molecule has 3 heterocycles. The summed E-state index contributed by atoms with van der Waals surface area (Å²) in [6.07, 6.45) is 0.734. The molecule has 2 aromatic heterocycles. The highest BCUT2D eigenvalue weighted by molar-refractivity contribution is 5.74. The first-order valence-corrected chi connectivity index (χ1v) is 9.41. The highest BCUT2D eigenvalue weighted by Gasteiger charge is 2.58. The van der Waals surface area contributed by atoms with Crippen LogP contribution in [0.1, 0.15) is 43.1 Å². The highest BCUT2D eigenvalue weighted by atomic mass is 19.4. The van der Waals surface area contributed by atoms with Crippen molar-refractivity contribution in [2.75, 3.05) is 18.8 Å². The predicted octanol–water partition coefficient (Wildman–Crippen LogP) is 3.07. The number of nitrogen functional groups attached to an aromatic ring is 1. The number of likely N-dealkylation sites (tertiary alicyclic amines) is 1. The molecule has 1 aliphatic heterocycles. The fraction of sp³-hybridized carbons (Fsp3) is 0.526. The lowest BCUT2D eigenvalue weighted by molar-refractivity contribution is -0.137. The molecule has 1 saturated heterocycles. The summed E-state index contributed by atoms with van der Waals surface area (Å²) in [6, 6.07) is 1.30. The number of hydrogen-bond acceptors (Lipinski definition) is 4. The number of carbonyl (C=O) groups is 1. The quantitative estimate of drug-likeness (QED) is 0.872. The number of aromatic nitrogens is 3. The maximum atomic E-state index is 13.2. The number of amides is 1. The third-order valence-electron chi connectivity index (χ3n) is 6.14. The van der Waals surface area contributed by atoms with Crippen molar-refractivity contribution in [3.05, 3.63) is 29.8 Å². The molecule has 2 saturated carbocycles. The number of nitrogens with two attached hydrogens (primary N) is 1. The SMILES string of the molecule is CC(=O)N1CC2C(C1)C2n1cc(-c2cnc(N)c(C(F)(F)F)c2)nc1C1CC1. The lowest BCUT2D eigenvalue weighted by Gasteiger charge is -2.19. The number of carbonyl (C=O) groups excluding carboxylic acids is 1. The first-order chi connectivity index (χ1) is 13.2. The van der Waals surface area contributed by atoms with Crippen LogP contribution in [0.2, 0.25) is 0 Å². The van der Waals surface area contributed by atoms with Crippen molar-refractivity contribution in [1.29, 1.82) is 0 Å². The number of pyridine rings is 1. The number of anilines is 1. The fourth-order valence-electron chi connectivity index (χ4n) is 4.44. The molecule has 3 aliphatic rings. The summed E-state index contributed by atoms with van der Waals surface area (Å²) in [6.45, 7) is 3.06. The third-order valence-corrected chi connectivity index (χ3v) is 6.14. The zero-order chi connectivity index (χ0) is 19.8. The second-order valence-electron chi connectivity index (χ2n) is 8.06. The number of hydrogen-bond donors (Lipinski definition) is 1. The second-order valence-corrected chi connectivity index (χ2v) is 8.06. The van der Waals surface area contributed by atoms with Crippen LogP contribution >= 0.6 is 0 Å². The first kappa shape index (κ1) is 17.5. The van der Waals surface area contributed by atoms with Gasteiger partial charge in [0.25, 0.3) is 0 Å². The van der Waals surface area contributed by atoms with E-state index in [1.807, 2.05) is 11.1 Å². The van der Waals surface area contributed by atoms with Gasteiger partial charge in [0.15, 0.2) is 0 Å². The molecule has 0 spiro atoms. The molecule has 0 bridgehead atoms. The summed E-state index contributed by atoms with van der Waals surface area (Å²) in [4.78, 5) is 21.8. The smallest absolute Gasteiger partial charge is 0.383 e. The first-order valence-electron chi connectivity index (χ1n) is 9.41. The maximum Gasteiger partial charge on any atom is 0.419 e. The molecule has 2 atom stereocenters. The topological polar surface area (TPSA) is 77.0 Å². The van der Waals surface area contributed by atoms with E-state index in [1.165, 1.54) is 6.20 Å². The Morgan fingerprint density at radius 2 is 1.93 bits per heavy atom. The normalized spacial score (nSPS) is 26.4. The van der Waals surface area contributed by atoms with E-state index in [4.69, 9.17) is 5.73 Å². The van der Waals surface area contributed by atoms with Gasteiger partial charge in [0, 0.05) is 61.8 Å². The van der Waals surface area contributed by atoms with Crippen LogP contribution in [-0.2, 0) is 11.0 Å². The van der Waals surface area contributed by atoms with Crippen molar-refractivity contribution in [2.45, 2.75) is 37.9 Å². The Morgan fingerprint density at radius 3 is 2.50 bits per heavy atom. The van der Waals surface area contributed by atoms with E-state index in [0.717, 1.165) is 37.8 Å². The van der Waals surface area contributed by atoms with Gasteiger partial charge < -0.3 is 15.2 Å². The molecule has 2 aliphatic carbocycles. The number of rotatable bonds is 3. The van der Waals surface area contributed by atoms with E-state index in [1.54, 1.807) is 6.92 Å². The fourth-order valence-corrected chi connectivity index (χ4v) is 4.44. The van der Waals surface area contributed by atoms with Crippen molar-refractivity contribution in [3.8, 4) is 11.3 Å². The Labute approximate surface area is 159 Å². The Bertz CT molecular complexity index is 953. The van der Waals surface area contributed by atoms with E-state index >= 15 is 0 Å². The van der Waals surface area contributed by atoms with Crippen LogP contribution in [0.4, 0.5) is 19.0 Å². The largest absolute Gasteiger partial charge is 0.419 e. The summed E-state index contributed by atoms with van der Waals surface area (Å²) in [7, 11) is 0. The van der Waals surface area contributed by atoms with Gasteiger partial charge in [0.1, 0.15) is 11.6 Å². The molecule has 0 radical (unpaired) electrons. The molecule has 28 heavy (non-hydrogen) atoms. The van der Waals surface area contributed by atoms with Gasteiger partial charge in [-0.05, 0) is 18.9 Å². The van der Waals surface area contributed by atoms with Crippen LogP contribution in [0.25, 0.3) is 11.3 Å². The van der Waals surface area contributed by atoms with E-state index in [9.17, 15) is 18.0 Å². The predicted molar refractivity (Wildman–Crippen MR) is 95.1 cm³/mol.